The summed E-state index contributed by atoms with van der Waals surface area (Å²) in [7, 11) is 0. The molecule has 2 heterocycles. The van der Waals surface area contributed by atoms with Gasteiger partial charge in [-0.3, -0.25) is 9.69 Å². The fourth-order valence-electron chi connectivity index (χ4n) is 4.09. The first kappa shape index (κ1) is 21.7. The first-order valence-corrected chi connectivity index (χ1v) is 11.3. The molecule has 31 heavy (non-hydrogen) atoms. The monoisotopic (exact) mass is 424 g/mol. The van der Waals surface area contributed by atoms with Gasteiger partial charge in [0, 0.05) is 12.1 Å². The standard InChI is InChI=1S/C25H32N2O4/c1-2-22(28)17-30-23-9-7-19(8-10-23)25(29)26-21-14-20-6-5-18(13-24(20)31-16-21)15-27-11-3-4-12-27/h5-10,13,21-22,28H,2-4,11-12,14-17H2,1H3,(H,26,29)/t21-,22+/m1/s1. The SMILES string of the molecule is CC[C@H](O)COc1ccc(C(=O)N[C@H]2COc3cc(CN4CCCC4)ccc3C2)cc1. The predicted molar refractivity (Wildman–Crippen MR) is 120 cm³/mol. The maximum atomic E-state index is 12.6. The second kappa shape index (κ2) is 10.2. The predicted octanol–water partition coefficient (Wildman–Crippen LogP) is 3.17. The zero-order chi connectivity index (χ0) is 21.6. The normalized spacial score (nSPS) is 19.4. The van der Waals surface area contributed by atoms with E-state index >= 15 is 0 Å². The highest BCUT2D eigenvalue weighted by Crippen LogP contribution is 2.27. The average Bonchev–Trinajstić information content (AvgIpc) is 3.31. The van der Waals surface area contributed by atoms with E-state index in [-0.39, 0.29) is 18.6 Å². The van der Waals surface area contributed by atoms with E-state index in [0.29, 0.717) is 24.3 Å². The fourth-order valence-corrected chi connectivity index (χ4v) is 4.09. The lowest BCUT2D eigenvalue weighted by molar-refractivity contribution is 0.0914. The van der Waals surface area contributed by atoms with Crippen LogP contribution in [0.4, 0.5) is 0 Å². The van der Waals surface area contributed by atoms with Gasteiger partial charge in [-0.25, -0.2) is 0 Å². The van der Waals surface area contributed by atoms with Gasteiger partial charge in [0.1, 0.15) is 24.7 Å². The van der Waals surface area contributed by atoms with E-state index in [1.165, 1.54) is 31.5 Å². The third-order valence-corrected chi connectivity index (χ3v) is 6.01. The third-order valence-electron chi connectivity index (χ3n) is 6.01. The van der Waals surface area contributed by atoms with Gasteiger partial charge < -0.3 is 19.9 Å². The zero-order valence-corrected chi connectivity index (χ0v) is 18.2. The van der Waals surface area contributed by atoms with Crippen LogP contribution < -0.4 is 14.8 Å². The lowest BCUT2D eigenvalue weighted by Crippen LogP contribution is -2.42. The highest BCUT2D eigenvalue weighted by Gasteiger charge is 2.23. The van der Waals surface area contributed by atoms with Crippen LogP contribution in [0.1, 0.15) is 47.7 Å². The van der Waals surface area contributed by atoms with E-state index in [9.17, 15) is 9.90 Å². The number of fused-ring (bicyclic) bond motifs is 1. The minimum absolute atomic E-state index is 0.0555. The smallest absolute Gasteiger partial charge is 0.251 e. The van der Waals surface area contributed by atoms with Crippen LogP contribution in [0, 0.1) is 0 Å². The third kappa shape index (κ3) is 5.77. The first-order chi connectivity index (χ1) is 15.1. The number of aliphatic hydroxyl groups is 1. The van der Waals surface area contributed by atoms with Gasteiger partial charge >= 0.3 is 0 Å². The van der Waals surface area contributed by atoms with Gasteiger partial charge in [-0.05, 0) is 80.2 Å². The Morgan fingerprint density at radius 3 is 2.74 bits per heavy atom. The number of hydrogen-bond donors (Lipinski definition) is 2. The van der Waals surface area contributed by atoms with Crippen molar-refractivity contribution in [2.24, 2.45) is 0 Å². The molecule has 6 heteroatoms. The Labute approximate surface area is 184 Å². The summed E-state index contributed by atoms with van der Waals surface area (Å²) in [6, 6.07) is 13.4. The van der Waals surface area contributed by atoms with Crippen molar-refractivity contribution in [3.63, 3.8) is 0 Å². The van der Waals surface area contributed by atoms with Crippen molar-refractivity contribution in [3.05, 3.63) is 59.2 Å². The summed E-state index contributed by atoms with van der Waals surface area (Å²) in [6.07, 6.45) is 3.52. The van der Waals surface area contributed by atoms with E-state index in [4.69, 9.17) is 9.47 Å². The molecule has 2 N–H and O–H groups in total. The summed E-state index contributed by atoms with van der Waals surface area (Å²) in [5.74, 6) is 1.46. The van der Waals surface area contributed by atoms with Gasteiger partial charge in [0.25, 0.3) is 5.91 Å². The molecule has 2 aliphatic heterocycles. The molecular formula is C25H32N2O4. The Morgan fingerprint density at radius 2 is 2.00 bits per heavy atom. The highest BCUT2D eigenvalue weighted by molar-refractivity contribution is 5.94. The Morgan fingerprint density at radius 1 is 1.23 bits per heavy atom. The molecule has 0 spiro atoms. The molecule has 2 atom stereocenters. The molecule has 2 aromatic rings. The van der Waals surface area contributed by atoms with Gasteiger partial charge in [-0.15, -0.1) is 0 Å². The maximum absolute atomic E-state index is 12.6. The highest BCUT2D eigenvalue weighted by atomic mass is 16.5. The molecular weight excluding hydrogens is 392 g/mol. The quantitative estimate of drug-likeness (QED) is 0.681. The Kier molecular flexibility index (Phi) is 7.10. The minimum Gasteiger partial charge on any atom is -0.491 e. The zero-order valence-electron chi connectivity index (χ0n) is 18.2. The number of rotatable bonds is 8. The van der Waals surface area contributed by atoms with E-state index in [1.54, 1.807) is 24.3 Å². The Balaban J connectivity index is 1.30. The summed E-state index contributed by atoms with van der Waals surface area (Å²) in [6.45, 7) is 5.97. The molecule has 1 amide bonds. The number of nitrogens with zero attached hydrogens (tertiary/aromatic N) is 1. The van der Waals surface area contributed by atoms with E-state index in [1.807, 2.05) is 6.92 Å². The van der Waals surface area contributed by atoms with Gasteiger partial charge in [-0.2, -0.15) is 0 Å². The van der Waals surface area contributed by atoms with Crippen molar-refractivity contribution in [2.45, 2.75) is 51.3 Å². The molecule has 1 saturated heterocycles. The molecule has 0 aromatic heterocycles. The van der Waals surface area contributed by atoms with Crippen LogP contribution in [-0.2, 0) is 13.0 Å². The number of aliphatic hydroxyl groups excluding tert-OH is 1. The molecule has 6 nitrogen and oxygen atoms in total. The first-order valence-electron chi connectivity index (χ1n) is 11.3. The largest absolute Gasteiger partial charge is 0.491 e. The van der Waals surface area contributed by atoms with Crippen LogP contribution in [0.15, 0.2) is 42.5 Å². The molecule has 0 radical (unpaired) electrons. The van der Waals surface area contributed by atoms with Crippen LogP contribution in [0.3, 0.4) is 0 Å². The number of carbonyl (C=O) groups is 1. The van der Waals surface area contributed by atoms with Crippen molar-refractivity contribution >= 4 is 5.91 Å². The molecule has 166 valence electrons. The minimum atomic E-state index is -0.478. The van der Waals surface area contributed by atoms with E-state index < -0.39 is 6.10 Å². The van der Waals surface area contributed by atoms with Crippen molar-refractivity contribution in [3.8, 4) is 11.5 Å². The molecule has 1 fully saturated rings. The van der Waals surface area contributed by atoms with Crippen LogP contribution in [0.2, 0.25) is 0 Å². The molecule has 0 aliphatic carbocycles. The second-order valence-corrected chi connectivity index (χ2v) is 8.51. The summed E-state index contributed by atoms with van der Waals surface area (Å²) >= 11 is 0. The van der Waals surface area contributed by atoms with Crippen molar-refractivity contribution in [1.29, 1.82) is 0 Å². The summed E-state index contributed by atoms with van der Waals surface area (Å²) < 4.78 is 11.5. The molecule has 0 unspecified atom stereocenters. The van der Waals surface area contributed by atoms with Gasteiger partial charge in [0.2, 0.25) is 0 Å². The van der Waals surface area contributed by atoms with Crippen LogP contribution in [-0.4, -0.2) is 54.4 Å². The summed E-state index contributed by atoms with van der Waals surface area (Å²) in [4.78, 5) is 15.1. The molecule has 0 saturated carbocycles. The number of hydrogen-bond acceptors (Lipinski definition) is 5. The van der Waals surface area contributed by atoms with Crippen LogP contribution >= 0.6 is 0 Å². The van der Waals surface area contributed by atoms with E-state index in [0.717, 1.165) is 24.3 Å². The molecule has 2 aliphatic rings. The van der Waals surface area contributed by atoms with Gasteiger partial charge in [0.05, 0.1) is 12.1 Å². The summed E-state index contributed by atoms with van der Waals surface area (Å²) in [5, 5.41) is 12.7. The lowest BCUT2D eigenvalue weighted by atomic mass is 10.00. The summed E-state index contributed by atoms with van der Waals surface area (Å²) in [5.41, 5.74) is 3.01. The fraction of sp³-hybridized carbons (Fsp3) is 0.480. The number of nitrogens with one attached hydrogen (secondary N) is 1. The number of benzene rings is 2. The topological polar surface area (TPSA) is 71.0 Å². The van der Waals surface area contributed by atoms with Gasteiger partial charge in [-0.1, -0.05) is 19.1 Å². The number of amides is 1. The Hall–Kier alpha value is -2.57. The van der Waals surface area contributed by atoms with Gasteiger partial charge in [0.15, 0.2) is 0 Å². The molecule has 4 rings (SSSR count). The van der Waals surface area contributed by atoms with E-state index in [2.05, 4.69) is 28.4 Å². The number of likely N-dealkylation sites (tertiary alicyclic amines) is 1. The average molecular weight is 425 g/mol. The van der Waals surface area contributed by atoms with Crippen LogP contribution in [0.25, 0.3) is 0 Å². The van der Waals surface area contributed by atoms with Crippen LogP contribution in [0.5, 0.6) is 11.5 Å². The maximum Gasteiger partial charge on any atom is 0.251 e. The van der Waals surface area contributed by atoms with Crippen molar-refractivity contribution in [1.82, 2.24) is 10.2 Å². The Bertz CT molecular complexity index is 878. The van der Waals surface area contributed by atoms with Crippen molar-refractivity contribution < 1.29 is 19.4 Å². The number of carbonyl (C=O) groups excluding carboxylic acids is 1. The molecule has 2 aromatic carbocycles. The second-order valence-electron chi connectivity index (χ2n) is 8.51. The number of ether oxygens (including phenoxy) is 2. The van der Waals surface area contributed by atoms with Crippen molar-refractivity contribution in [2.75, 3.05) is 26.3 Å². The lowest BCUT2D eigenvalue weighted by Gasteiger charge is -2.27. The molecule has 0 bridgehead atoms.